The predicted molar refractivity (Wildman–Crippen MR) is 84.3 cm³/mol. The maximum absolute atomic E-state index is 5.85. The minimum absolute atomic E-state index is 0.608. The highest BCUT2D eigenvalue weighted by atomic mass is 16.5. The molecule has 1 aromatic heterocycles. The lowest BCUT2D eigenvalue weighted by Gasteiger charge is -2.11. The lowest BCUT2D eigenvalue weighted by Crippen LogP contribution is -2.06. The third-order valence-electron chi connectivity index (χ3n) is 3.42. The average molecular weight is 274 g/mol. The van der Waals surface area contributed by atoms with Crippen LogP contribution in [0.3, 0.4) is 0 Å². The SMILES string of the molecule is Cc1nc2ccc(OCCC(C)C)cc2n1CC(C)C. The first kappa shape index (κ1) is 14.9. The van der Waals surface area contributed by atoms with Crippen molar-refractivity contribution in [3.63, 3.8) is 0 Å². The molecule has 0 saturated carbocycles. The van der Waals surface area contributed by atoms with Gasteiger partial charge in [-0.2, -0.15) is 0 Å². The van der Waals surface area contributed by atoms with E-state index in [0.29, 0.717) is 11.8 Å². The monoisotopic (exact) mass is 274 g/mol. The summed E-state index contributed by atoms with van der Waals surface area (Å²) in [5.74, 6) is 3.31. The third-order valence-corrected chi connectivity index (χ3v) is 3.42. The number of aryl methyl sites for hydroxylation is 1. The van der Waals surface area contributed by atoms with Crippen LogP contribution in [0.4, 0.5) is 0 Å². The molecule has 0 aliphatic rings. The minimum atomic E-state index is 0.608. The van der Waals surface area contributed by atoms with Crippen LogP contribution < -0.4 is 4.74 Å². The van der Waals surface area contributed by atoms with Crippen LogP contribution in [0.25, 0.3) is 11.0 Å². The Bertz CT molecular complexity index is 570. The number of imidazole rings is 1. The molecule has 20 heavy (non-hydrogen) atoms. The summed E-state index contributed by atoms with van der Waals surface area (Å²) in [6, 6.07) is 6.21. The smallest absolute Gasteiger partial charge is 0.121 e. The van der Waals surface area contributed by atoms with E-state index in [0.717, 1.165) is 36.7 Å². The van der Waals surface area contributed by atoms with Gasteiger partial charge in [-0.3, -0.25) is 0 Å². The van der Waals surface area contributed by atoms with Gasteiger partial charge >= 0.3 is 0 Å². The van der Waals surface area contributed by atoms with Gasteiger partial charge in [0, 0.05) is 12.6 Å². The van der Waals surface area contributed by atoms with Crippen LogP contribution in [0, 0.1) is 18.8 Å². The number of hydrogen-bond acceptors (Lipinski definition) is 2. The van der Waals surface area contributed by atoms with Crippen molar-refractivity contribution in [2.75, 3.05) is 6.61 Å². The van der Waals surface area contributed by atoms with Crippen LogP contribution in [0.5, 0.6) is 5.75 Å². The molecule has 0 N–H and O–H groups in total. The summed E-state index contributed by atoms with van der Waals surface area (Å²) in [7, 11) is 0. The van der Waals surface area contributed by atoms with E-state index in [1.807, 2.05) is 6.07 Å². The molecule has 110 valence electrons. The van der Waals surface area contributed by atoms with E-state index in [1.54, 1.807) is 0 Å². The van der Waals surface area contributed by atoms with Crippen molar-refractivity contribution < 1.29 is 4.74 Å². The second-order valence-corrected chi connectivity index (χ2v) is 6.34. The Labute approximate surface area is 122 Å². The van der Waals surface area contributed by atoms with Gasteiger partial charge in [-0.15, -0.1) is 0 Å². The molecule has 2 rings (SSSR count). The molecular formula is C17H26N2O. The number of nitrogens with zero attached hydrogens (tertiary/aromatic N) is 2. The van der Waals surface area contributed by atoms with Crippen LogP contribution in [-0.4, -0.2) is 16.2 Å². The first-order valence-corrected chi connectivity index (χ1v) is 7.57. The molecule has 0 unspecified atom stereocenters. The van der Waals surface area contributed by atoms with Crippen LogP contribution in [0.1, 0.15) is 39.9 Å². The number of hydrogen-bond donors (Lipinski definition) is 0. The summed E-state index contributed by atoms with van der Waals surface area (Å²) in [4.78, 5) is 4.62. The average Bonchev–Trinajstić information content (AvgIpc) is 2.65. The molecule has 3 nitrogen and oxygen atoms in total. The first-order valence-electron chi connectivity index (χ1n) is 7.57. The summed E-state index contributed by atoms with van der Waals surface area (Å²) in [5.41, 5.74) is 2.23. The zero-order valence-corrected chi connectivity index (χ0v) is 13.3. The molecule has 0 spiro atoms. The van der Waals surface area contributed by atoms with Crippen molar-refractivity contribution in [2.24, 2.45) is 11.8 Å². The fraction of sp³-hybridized carbons (Fsp3) is 0.588. The lowest BCUT2D eigenvalue weighted by molar-refractivity contribution is 0.290. The predicted octanol–water partition coefficient (Wildman–Crippen LogP) is 4.43. The van der Waals surface area contributed by atoms with Crippen molar-refractivity contribution in [3.8, 4) is 5.75 Å². The van der Waals surface area contributed by atoms with Gasteiger partial charge in [-0.1, -0.05) is 27.7 Å². The molecule has 1 aromatic carbocycles. The molecule has 0 radical (unpaired) electrons. The molecule has 0 amide bonds. The number of fused-ring (bicyclic) bond motifs is 1. The Morgan fingerprint density at radius 3 is 2.55 bits per heavy atom. The largest absolute Gasteiger partial charge is 0.494 e. The van der Waals surface area contributed by atoms with Gasteiger partial charge in [0.2, 0.25) is 0 Å². The summed E-state index contributed by atoms with van der Waals surface area (Å²) < 4.78 is 8.14. The van der Waals surface area contributed by atoms with E-state index < -0.39 is 0 Å². The standard InChI is InChI=1S/C17H26N2O/c1-12(2)8-9-20-15-6-7-16-17(10-15)19(11-13(3)4)14(5)18-16/h6-7,10,12-13H,8-9,11H2,1-5H3. The summed E-state index contributed by atoms with van der Waals surface area (Å²) in [6.45, 7) is 12.7. The Kier molecular flexibility index (Phi) is 4.69. The van der Waals surface area contributed by atoms with Crippen molar-refractivity contribution in [1.82, 2.24) is 9.55 Å². The van der Waals surface area contributed by atoms with E-state index >= 15 is 0 Å². The minimum Gasteiger partial charge on any atom is -0.494 e. The normalized spacial score (nSPS) is 11.8. The summed E-state index contributed by atoms with van der Waals surface area (Å²) in [5, 5.41) is 0. The van der Waals surface area contributed by atoms with Gasteiger partial charge in [0.15, 0.2) is 0 Å². The fourth-order valence-corrected chi connectivity index (χ4v) is 2.32. The highest BCUT2D eigenvalue weighted by molar-refractivity contribution is 5.77. The first-order chi connectivity index (χ1) is 9.47. The van der Waals surface area contributed by atoms with E-state index in [-0.39, 0.29) is 0 Å². The van der Waals surface area contributed by atoms with Gasteiger partial charge in [-0.25, -0.2) is 4.98 Å². The molecule has 2 aromatic rings. The maximum atomic E-state index is 5.85. The number of rotatable bonds is 6. The van der Waals surface area contributed by atoms with Crippen LogP contribution in [-0.2, 0) is 6.54 Å². The van der Waals surface area contributed by atoms with E-state index in [1.165, 1.54) is 5.52 Å². The van der Waals surface area contributed by atoms with Crippen LogP contribution in [0.2, 0.25) is 0 Å². The van der Waals surface area contributed by atoms with E-state index in [4.69, 9.17) is 4.74 Å². The molecule has 3 heteroatoms. The van der Waals surface area contributed by atoms with Crippen molar-refractivity contribution >= 4 is 11.0 Å². The molecule has 0 atom stereocenters. The highest BCUT2D eigenvalue weighted by Gasteiger charge is 2.10. The second-order valence-electron chi connectivity index (χ2n) is 6.34. The number of ether oxygens (including phenoxy) is 1. The zero-order valence-electron chi connectivity index (χ0n) is 13.3. The number of aromatic nitrogens is 2. The Morgan fingerprint density at radius 2 is 1.90 bits per heavy atom. The van der Waals surface area contributed by atoms with Crippen LogP contribution in [0.15, 0.2) is 18.2 Å². The molecule has 0 fully saturated rings. The van der Waals surface area contributed by atoms with Gasteiger partial charge in [0.05, 0.1) is 17.6 Å². The zero-order chi connectivity index (χ0) is 14.7. The van der Waals surface area contributed by atoms with E-state index in [2.05, 4.69) is 56.3 Å². The van der Waals surface area contributed by atoms with Crippen molar-refractivity contribution in [1.29, 1.82) is 0 Å². The molecule has 0 aliphatic heterocycles. The Balaban J connectivity index is 2.22. The topological polar surface area (TPSA) is 27.1 Å². The molecule has 0 bridgehead atoms. The highest BCUT2D eigenvalue weighted by Crippen LogP contribution is 2.23. The van der Waals surface area contributed by atoms with Crippen molar-refractivity contribution in [2.45, 2.75) is 47.6 Å². The van der Waals surface area contributed by atoms with Crippen LogP contribution >= 0.6 is 0 Å². The quantitative estimate of drug-likeness (QED) is 0.779. The van der Waals surface area contributed by atoms with E-state index in [9.17, 15) is 0 Å². The van der Waals surface area contributed by atoms with Gasteiger partial charge < -0.3 is 9.30 Å². The van der Waals surface area contributed by atoms with Gasteiger partial charge in [-0.05, 0) is 37.3 Å². The third kappa shape index (κ3) is 3.53. The molecular weight excluding hydrogens is 248 g/mol. The van der Waals surface area contributed by atoms with Gasteiger partial charge in [0.25, 0.3) is 0 Å². The molecule has 0 aliphatic carbocycles. The van der Waals surface area contributed by atoms with Crippen molar-refractivity contribution in [3.05, 3.63) is 24.0 Å². The Hall–Kier alpha value is -1.51. The Morgan fingerprint density at radius 1 is 1.15 bits per heavy atom. The molecule has 1 heterocycles. The summed E-state index contributed by atoms with van der Waals surface area (Å²) in [6.07, 6.45) is 1.09. The summed E-state index contributed by atoms with van der Waals surface area (Å²) >= 11 is 0. The molecule has 0 saturated heterocycles. The fourth-order valence-electron chi connectivity index (χ4n) is 2.32. The maximum Gasteiger partial charge on any atom is 0.121 e. The van der Waals surface area contributed by atoms with Gasteiger partial charge in [0.1, 0.15) is 11.6 Å². The number of benzene rings is 1. The lowest BCUT2D eigenvalue weighted by atomic mass is 10.1. The second kappa shape index (κ2) is 6.29.